The zero-order chi connectivity index (χ0) is 11.9. The lowest BCUT2D eigenvalue weighted by Crippen LogP contribution is -2.44. The minimum absolute atomic E-state index is 0.241. The van der Waals surface area contributed by atoms with Crippen molar-refractivity contribution >= 4 is 0 Å². The van der Waals surface area contributed by atoms with Gasteiger partial charge in [-0.2, -0.15) is 0 Å². The Kier molecular flexibility index (Phi) is 7.20. The summed E-state index contributed by atoms with van der Waals surface area (Å²) in [6.45, 7) is 10.2. The molecule has 0 aliphatic carbocycles. The highest BCUT2D eigenvalue weighted by Crippen LogP contribution is 2.10. The van der Waals surface area contributed by atoms with Gasteiger partial charge in [-0.05, 0) is 54.3 Å². The molecule has 1 N–H and O–H groups in total. The van der Waals surface area contributed by atoms with Crippen LogP contribution in [0, 0.1) is 0 Å². The number of nitrogens with one attached hydrogen (secondary N) is 1. The molecule has 0 aliphatic heterocycles. The van der Waals surface area contributed by atoms with E-state index >= 15 is 0 Å². The van der Waals surface area contributed by atoms with Crippen LogP contribution in [0.3, 0.4) is 0 Å². The highest BCUT2D eigenvalue weighted by atomic mass is 15.1. The summed E-state index contributed by atoms with van der Waals surface area (Å²) in [6, 6.07) is 0.673. The molecule has 0 spiro atoms. The smallest absolute Gasteiger partial charge is 0.00991 e. The highest BCUT2D eigenvalue weighted by molar-refractivity contribution is 4.78. The van der Waals surface area contributed by atoms with Crippen LogP contribution >= 0.6 is 0 Å². The first-order valence-electron chi connectivity index (χ1n) is 6.27. The van der Waals surface area contributed by atoms with Crippen LogP contribution in [0.5, 0.6) is 0 Å². The summed E-state index contributed by atoms with van der Waals surface area (Å²) in [5, 5.41) is 3.72. The Hall–Kier alpha value is -0.0800. The predicted octanol–water partition coefficient (Wildman–Crippen LogP) is 2.89. The summed E-state index contributed by atoms with van der Waals surface area (Å²) in [5.74, 6) is 0. The third-order valence-electron chi connectivity index (χ3n) is 2.47. The van der Waals surface area contributed by atoms with Crippen molar-refractivity contribution < 1.29 is 0 Å². The molecule has 0 rings (SSSR count). The van der Waals surface area contributed by atoms with Crippen LogP contribution in [-0.2, 0) is 0 Å². The van der Waals surface area contributed by atoms with Gasteiger partial charge >= 0.3 is 0 Å². The van der Waals surface area contributed by atoms with E-state index in [1.807, 2.05) is 0 Å². The van der Waals surface area contributed by atoms with Gasteiger partial charge in [-0.1, -0.05) is 19.8 Å². The van der Waals surface area contributed by atoms with E-state index in [4.69, 9.17) is 0 Å². The molecule has 0 aliphatic rings. The molecular formula is C13H30N2. The monoisotopic (exact) mass is 214 g/mol. The minimum Gasteiger partial charge on any atom is -0.309 e. The van der Waals surface area contributed by atoms with Crippen LogP contribution in [0.2, 0.25) is 0 Å². The zero-order valence-electron chi connectivity index (χ0n) is 11.6. The van der Waals surface area contributed by atoms with Crippen LogP contribution < -0.4 is 5.32 Å². The van der Waals surface area contributed by atoms with Crippen molar-refractivity contribution in [1.29, 1.82) is 0 Å². The molecule has 0 saturated carbocycles. The first-order valence-corrected chi connectivity index (χ1v) is 6.27. The van der Waals surface area contributed by atoms with E-state index < -0.39 is 0 Å². The molecular weight excluding hydrogens is 184 g/mol. The molecule has 0 aromatic carbocycles. The molecule has 0 saturated heterocycles. The largest absolute Gasteiger partial charge is 0.309 e. The van der Waals surface area contributed by atoms with Gasteiger partial charge in [-0.3, -0.25) is 0 Å². The highest BCUT2D eigenvalue weighted by Gasteiger charge is 2.16. The first kappa shape index (κ1) is 14.9. The fraction of sp³-hybridized carbons (Fsp3) is 1.00. The third kappa shape index (κ3) is 10.2. The predicted molar refractivity (Wildman–Crippen MR) is 69.4 cm³/mol. The van der Waals surface area contributed by atoms with Crippen molar-refractivity contribution in [2.45, 2.75) is 65.0 Å². The molecule has 0 radical (unpaired) electrons. The van der Waals surface area contributed by atoms with Crippen molar-refractivity contribution in [3.63, 3.8) is 0 Å². The lowest BCUT2D eigenvalue weighted by molar-refractivity contribution is 0.294. The van der Waals surface area contributed by atoms with Gasteiger partial charge in [0.25, 0.3) is 0 Å². The molecule has 2 heteroatoms. The van der Waals surface area contributed by atoms with Gasteiger partial charge in [0.1, 0.15) is 0 Å². The summed E-state index contributed by atoms with van der Waals surface area (Å²) in [7, 11) is 4.29. The van der Waals surface area contributed by atoms with Crippen molar-refractivity contribution in [1.82, 2.24) is 10.2 Å². The topological polar surface area (TPSA) is 15.3 Å². The first-order chi connectivity index (χ1) is 6.85. The molecule has 0 heterocycles. The van der Waals surface area contributed by atoms with Crippen LogP contribution in [-0.4, -0.2) is 37.1 Å². The zero-order valence-corrected chi connectivity index (χ0v) is 11.6. The van der Waals surface area contributed by atoms with Crippen molar-refractivity contribution in [2.24, 2.45) is 0 Å². The van der Waals surface area contributed by atoms with Gasteiger partial charge in [0, 0.05) is 11.6 Å². The lowest BCUT2D eigenvalue weighted by atomic mass is 10.0. The number of rotatable bonds is 7. The van der Waals surface area contributed by atoms with E-state index in [1.165, 1.54) is 32.2 Å². The second-order valence-corrected chi connectivity index (χ2v) is 5.83. The van der Waals surface area contributed by atoms with Gasteiger partial charge in [-0.15, -0.1) is 0 Å². The van der Waals surface area contributed by atoms with Crippen LogP contribution in [0.4, 0.5) is 0 Å². The summed E-state index contributed by atoms with van der Waals surface area (Å²) in [6.07, 6.45) is 5.19. The number of hydrogen-bond donors (Lipinski definition) is 1. The quantitative estimate of drug-likeness (QED) is 0.701. The van der Waals surface area contributed by atoms with E-state index in [9.17, 15) is 0 Å². The molecule has 2 nitrogen and oxygen atoms in total. The molecule has 15 heavy (non-hydrogen) atoms. The van der Waals surface area contributed by atoms with Gasteiger partial charge < -0.3 is 10.2 Å². The van der Waals surface area contributed by atoms with Gasteiger partial charge in [0.15, 0.2) is 0 Å². The Morgan fingerprint density at radius 1 is 1.13 bits per heavy atom. The minimum atomic E-state index is 0.241. The van der Waals surface area contributed by atoms with E-state index in [-0.39, 0.29) is 5.54 Å². The molecule has 0 aromatic rings. The Morgan fingerprint density at radius 3 is 2.13 bits per heavy atom. The van der Waals surface area contributed by atoms with Gasteiger partial charge in [-0.25, -0.2) is 0 Å². The van der Waals surface area contributed by atoms with Crippen molar-refractivity contribution in [2.75, 3.05) is 20.6 Å². The van der Waals surface area contributed by atoms with Gasteiger partial charge in [0.2, 0.25) is 0 Å². The second-order valence-electron chi connectivity index (χ2n) is 5.83. The number of unbranched alkanes of at least 4 members (excludes halogenated alkanes) is 1. The standard InChI is InChI=1S/C13H30N2/c1-7-8-9-12(10-11-15(5)6)14-13(2,3)4/h12,14H,7-11H2,1-6H3. The number of nitrogens with zero attached hydrogens (tertiary/aromatic N) is 1. The van der Waals surface area contributed by atoms with Gasteiger partial charge in [0.05, 0.1) is 0 Å². The van der Waals surface area contributed by atoms with Crippen LogP contribution in [0.1, 0.15) is 53.4 Å². The molecule has 92 valence electrons. The molecule has 0 aromatic heterocycles. The van der Waals surface area contributed by atoms with Crippen LogP contribution in [0.25, 0.3) is 0 Å². The Labute approximate surface area is 96.4 Å². The van der Waals surface area contributed by atoms with E-state index in [0.717, 1.165) is 0 Å². The molecule has 0 fully saturated rings. The van der Waals surface area contributed by atoms with Crippen molar-refractivity contribution in [3.8, 4) is 0 Å². The summed E-state index contributed by atoms with van der Waals surface area (Å²) >= 11 is 0. The maximum Gasteiger partial charge on any atom is 0.00991 e. The fourth-order valence-electron chi connectivity index (χ4n) is 1.77. The van der Waals surface area contributed by atoms with Crippen LogP contribution in [0.15, 0.2) is 0 Å². The summed E-state index contributed by atoms with van der Waals surface area (Å²) in [4.78, 5) is 2.27. The molecule has 0 bridgehead atoms. The Morgan fingerprint density at radius 2 is 1.73 bits per heavy atom. The van der Waals surface area contributed by atoms with E-state index in [1.54, 1.807) is 0 Å². The second kappa shape index (κ2) is 7.24. The third-order valence-corrected chi connectivity index (χ3v) is 2.47. The summed E-state index contributed by atoms with van der Waals surface area (Å²) in [5.41, 5.74) is 0.241. The average molecular weight is 214 g/mol. The van der Waals surface area contributed by atoms with E-state index in [2.05, 4.69) is 52.0 Å². The fourth-order valence-corrected chi connectivity index (χ4v) is 1.77. The molecule has 1 unspecified atom stereocenters. The lowest BCUT2D eigenvalue weighted by Gasteiger charge is -2.29. The summed E-state index contributed by atoms with van der Waals surface area (Å²) < 4.78 is 0. The Balaban J connectivity index is 3.95. The average Bonchev–Trinajstić information content (AvgIpc) is 2.07. The number of hydrogen-bond acceptors (Lipinski definition) is 2. The molecule has 1 atom stereocenters. The Bertz CT molecular complexity index is 147. The SMILES string of the molecule is CCCCC(CCN(C)C)NC(C)(C)C. The molecule has 0 amide bonds. The normalized spacial score (nSPS) is 14.6. The maximum atomic E-state index is 3.72. The van der Waals surface area contributed by atoms with Crippen molar-refractivity contribution in [3.05, 3.63) is 0 Å². The maximum absolute atomic E-state index is 3.72. The van der Waals surface area contributed by atoms with E-state index in [0.29, 0.717) is 6.04 Å².